The van der Waals surface area contributed by atoms with Crippen LogP contribution in [0, 0.1) is 17.1 Å². The first-order chi connectivity index (χ1) is 14.3. The van der Waals surface area contributed by atoms with Gasteiger partial charge in [0.1, 0.15) is 5.82 Å². The van der Waals surface area contributed by atoms with Gasteiger partial charge in [-0.2, -0.15) is 10.2 Å². The van der Waals surface area contributed by atoms with E-state index in [0.29, 0.717) is 6.41 Å². The van der Waals surface area contributed by atoms with Crippen molar-refractivity contribution in [2.24, 2.45) is 0 Å². The normalized spacial score (nSPS) is 10.8. The Bertz CT molecular complexity index is 1170. The molecule has 1 aromatic heterocycles. The van der Waals surface area contributed by atoms with Crippen molar-refractivity contribution >= 4 is 41.4 Å². The van der Waals surface area contributed by atoms with Gasteiger partial charge in [-0.15, -0.1) is 0 Å². The number of alkyl halides is 2. The molecule has 0 saturated heterocycles. The summed E-state index contributed by atoms with van der Waals surface area (Å²) >= 11 is 11.9. The average molecular weight is 454 g/mol. The molecule has 1 amide bonds. The van der Waals surface area contributed by atoms with Gasteiger partial charge >= 0.3 is 0 Å². The highest BCUT2D eigenvalue weighted by Gasteiger charge is 2.23. The van der Waals surface area contributed by atoms with Gasteiger partial charge in [-0.1, -0.05) is 35.3 Å². The van der Waals surface area contributed by atoms with Crippen LogP contribution in [0.15, 0.2) is 30.3 Å². The number of carbonyl (C=O) groups is 1. The van der Waals surface area contributed by atoms with E-state index in [4.69, 9.17) is 34.2 Å². The Kier molecular flexibility index (Phi) is 6.20. The smallest absolute Gasteiger partial charge is 0.264 e. The number of imidazole rings is 1. The molecule has 0 atom stereocenters. The van der Waals surface area contributed by atoms with E-state index in [1.54, 1.807) is 0 Å². The summed E-state index contributed by atoms with van der Waals surface area (Å²) in [6, 6.07) is 7.99. The van der Waals surface area contributed by atoms with E-state index in [1.807, 2.05) is 6.07 Å². The van der Waals surface area contributed by atoms with Gasteiger partial charge in [-0.05, 0) is 23.8 Å². The molecule has 2 aromatic carbocycles. The topological polar surface area (TPSA) is 96.7 Å². The number of anilines is 2. The number of aromatic nitrogens is 2. The summed E-state index contributed by atoms with van der Waals surface area (Å²) < 4.78 is 43.9. The fraction of sp³-hybridized carbons (Fsp3) is 0.105. The van der Waals surface area contributed by atoms with Gasteiger partial charge < -0.3 is 11.1 Å². The number of amides is 1. The molecule has 0 aliphatic heterocycles. The number of benzene rings is 2. The predicted molar refractivity (Wildman–Crippen MR) is 107 cm³/mol. The lowest BCUT2D eigenvalue weighted by molar-refractivity contribution is -0.105. The van der Waals surface area contributed by atoms with Crippen LogP contribution in [-0.4, -0.2) is 16.0 Å². The second-order valence-corrected chi connectivity index (χ2v) is 6.90. The van der Waals surface area contributed by atoms with E-state index in [1.165, 1.54) is 28.8 Å². The Morgan fingerprint density at radius 2 is 2.03 bits per heavy atom. The van der Waals surface area contributed by atoms with Crippen LogP contribution in [0.1, 0.15) is 23.1 Å². The number of nitrogens with zero attached hydrogens (tertiary/aromatic N) is 3. The highest BCUT2D eigenvalue weighted by atomic mass is 35.5. The summed E-state index contributed by atoms with van der Waals surface area (Å²) in [7, 11) is 0. The molecule has 0 aliphatic rings. The molecule has 30 heavy (non-hydrogen) atoms. The summed E-state index contributed by atoms with van der Waals surface area (Å²) in [5.74, 6) is -1.05. The molecular formula is C19H12Cl2F3N5O. The minimum atomic E-state index is -2.98. The Hall–Kier alpha value is -3.22. The number of nitrogens with two attached hydrogens (primary N) is 1. The van der Waals surface area contributed by atoms with Crippen molar-refractivity contribution in [3.63, 3.8) is 0 Å². The van der Waals surface area contributed by atoms with Crippen molar-refractivity contribution in [3.8, 4) is 17.2 Å². The van der Waals surface area contributed by atoms with E-state index < -0.39 is 23.4 Å². The Labute approximate surface area is 178 Å². The van der Waals surface area contributed by atoms with Crippen LogP contribution in [-0.2, 0) is 11.3 Å². The van der Waals surface area contributed by atoms with Crippen LogP contribution < -0.4 is 11.1 Å². The SMILES string of the molecule is N#Cc1cc(Cl)cc(-c2c(C(F)F)ccc(Cn3c(N)nc(Cl)c3NC=O)c2F)c1. The highest BCUT2D eigenvalue weighted by molar-refractivity contribution is 6.32. The van der Waals surface area contributed by atoms with Gasteiger partial charge in [-0.25, -0.2) is 13.2 Å². The van der Waals surface area contributed by atoms with E-state index in [0.717, 1.165) is 6.07 Å². The molecule has 11 heteroatoms. The first-order valence-corrected chi connectivity index (χ1v) is 9.04. The van der Waals surface area contributed by atoms with Crippen LogP contribution in [0.5, 0.6) is 0 Å². The second-order valence-electron chi connectivity index (χ2n) is 6.10. The van der Waals surface area contributed by atoms with Crippen molar-refractivity contribution in [2.45, 2.75) is 13.0 Å². The standard InChI is InChI=1S/C19H12Cl2F3N5O/c20-12-4-9(6-25)3-11(5-12)14-13(17(23)24)2-1-10(15(14)22)7-29-18(27-8-30)16(21)28-19(29)26/h1-5,8,17H,7H2,(H2,26,28)(H,27,30). The molecule has 0 aliphatic carbocycles. The summed E-state index contributed by atoms with van der Waals surface area (Å²) in [6.45, 7) is -0.254. The van der Waals surface area contributed by atoms with Crippen LogP contribution in [0.3, 0.4) is 0 Å². The van der Waals surface area contributed by atoms with Crippen LogP contribution >= 0.6 is 23.2 Å². The fourth-order valence-electron chi connectivity index (χ4n) is 2.99. The van der Waals surface area contributed by atoms with Gasteiger partial charge in [-0.3, -0.25) is 9.36 Å². The monoisotopic (exact) mass is 453 g/mol. The maximum Gasteiger partial charge on any atom is 0.264 e. The molecule has 0 saturated carbocycles. The van der Waals surface area contributed by atoms with Crippen LogP contribution in [0.25, 0.3) is 11.1 Å². The fourth-order valence-corrected chi connectivity index (χ4v) is 3.47. The van der Waals surface area contributed by atoms with Gasteiger partial charge in [0, 0.05) is 21.7 Å². The summed E-state index contributed by atoms with van der Waals surface area (Å²) in [5.41, 5.74) is 4.90. The number of nitrogens with one attached hydrogen (secondary N) is 1. The Morgan fingerprint density at radius 3 is 2.67 bits per heavy atom. The zero-order chi connectivity index (χ0) is 22.0. The molecule has 1 heterocycles. The molecule has 3 aromatic rings. The lowest BCUT2D eigenvalue weighted by Crippen LogP contribution is -2.11. The minimum absolute atomic E-state index is 0.0246. The molecule has 0 radical (unpaired) electrons. The first-order valence-electron chi connectivity index (χ1n) is 8.29. The third kappa shape index (κ3) is 4.06. The maximum absolute atomic E-state index is 15.4. The van der Waals surface area contributed by atoms with Gasteiger partial charge in [0.15, 0.2) is 11.0 Å². The molecule has 154 valence electrons. The van der Waals surface area contributed by atoms with Crippen molar-refractivity contribution in [1.82, 2.24) is 9.55 Å². The third-order valence-corrected chi connectivity index (χ3v) is 4.77. The predicted octanol–water partition coefficient (Wildman–Crippen LogP) is 5.00. The zero-order valence-electron chi connectivity index (χ0n) is 15.0. The summed E-state index contributed by atoms with van der Waals surface area (Å²) in [5, 5.41) is 11.4. The van der Waals surface area contributed by atoms with E-state index in [9.17, 15) is 13.6 Å². The quantitative estimate of drug-likeness (QED) is 0.512. The Morgan fingerprint density at radius 1 is 1.30 bits per heavy atom. The van der Waals surface area contributed by atoms with Crippen LogP contribution in [0.2, 0.25) is 10.2 Å². The minimum Gasteiger partial charge on any atom is -0.369 e. The van der Waals surface area contributed by atoms with Crippen molar-refractivity contribution in [3.05, 3.63) is 63.0 Å². The highest BCUT2D eigenvalue weighted by Crippen LogP contribution is 2.37. The molecular weight excluding hydrogens is 442 g/mol. The van der Waals surface area contributed by atoms with Gasteiger partial charge in [0.05, 0.1) is 18.2 Å². The molecule has 3 rings (SSSR count). The molecule has 0 spiro atoms. The Balaban J connectivity index is 2.19. The summed E-state index contributed by atoms with van der Waals surface area (Å²) in [6.07, 6.45) is -2.64. The van der Waals surface area contributed by atoms with Crippen molar-refractivity contribution in [2.75, 3.05) is 11.1 Å². The van der Waals surface area contributed by atoms with E-state index in [2.05, 4.69) is 10.3 Å². The maximum atomic E-state index is 15.4. The lowest BCUT2D eigenvalue weighted by Gasteiger charge is -2.16. The number of nitrogen functional groups attached to an aromatic ring is 1. The average Bonchev–Trinajstić information content (AvgIpc) is 2.95. The number of nitriles is 1. The number of hydrogen-bond donors (Lipinski definition) is 2. The lowest BCUT2D eigenvalue weighted by atomic mass is 9.95. The van der Waals surface area contributed by atoms with Gasteiger partial charge in [0.25, 0.3) is 6.43 Å². The number of halogens is 5. The molecule has 0 unspecified atom stereocenters. The molecule has 6 nitrogen and oxygen atoms in total. The first kappa shape index (κ1) is 21.5. The number of carbonyl (C=O) groups excluding carboxylic acids is 1. The largest absolute Gasteiger partial charge is 0.369 e. The van der Waals surface area contributed by atoms with Crippen molar-refractivity contribution < 1.29 is 18.0 Å². The zero-order valence-corrected chi connectivity index (χ0v) is 16.5. The third-order valence-electron chi connectivity index (χ3n) is 4.28. The summed E-state index contributed by atoms with van der Waals surface area (Å²) in [4.78, 5) is 14.6. The molecule has 0 fully saturated rings. The van der Waals surface area contributed by atoms with E-state index >= 15 is 4.39 Å². The molecule has 3 N–H and O–H groups in total. The van der Waals surface area contributed by atoms with Crippen molar-refractivity contribution in [1.29, 1.82) is 5.26 Å². The second kappa shape index (κ2) is 8.65. The molecule has 0 bridgehead atoms. The van der Waals surface area contributed by atoms with E-state index in [-0.39, 0.29) is 45.2 Å². The van der Waals surface area contributed by atoms with Crippen LogP contribution in [0.4, 0.5) is 24.9 Å². The number of hydrogen-bond acceptors (Lipinski definition) is 4. The van der Waals surface area contributed by atoms with Gasteiger partial charge in [0.2, 0.25) is 12.4 Å². The number of rotatable bonds is 6.